The average molecular weight is 1200 g/mol. The van der Waals surface area contributed by atoms with Gasteiger partial charge in [0.2, 0.25) is 5.88 Å². The van der Waals surface area contributed by atoms with Gasteiger partial charge in [0.05, 0.1) is 65.2 Å². The fraction of sp³-hybridized carbons (Fsp3) is 0.516. The van der Waals surface area contributed by atoms with Crippen molar-refractivity contribution in [2.45, 2.75) is 131 Å². The number of H-pyrrole nitrogens is 1. The molecule has 0 bridgehead atoms. The number of rotatable bonds is 15. The fourth-order valence-electron chi connectivity index (χ4n) is 14.9. The standard InChI is InChI=1S/C64H78N10O11S/c1-41-6-4-5-7-48(41)55-37-64(77,34-43-30-56(82-3)59(67-39-43)71-25-28-83-29-26-71)20-24-72(55)46-35-63(36-46)18-22-70(23-19-63)45-8-10-49(52(32-45)73-51-15-27-84-40-57(51)85-61-54(73)31-44-14-21-65-58(44)68-61)60(75)69-86(80,81)47-9-11-50(53(33-47)74(78)79)66-38-42-12-16-62(2,76)17-13-42/h4-11,14,21,30-33,39,42,46,51,55,57,66,76-77H,12-13,15-20,22-29,34-38,40H2,1-3H3,(H,65,68)(H,69,75)/t42?,51-,55-,57-,62?,64+/m0/s1. The van der Waals surface area contributed by atoms with Gasteiger partial charge in [-0.2, -0.15) is 4.98 Å². The van der Waals surface area contributed by atoms with Gasteiger partial charge < -0.3 is 54.2 Å². The number of anilines is 5. The third-order valence-corrected chi connectivity index (χ3v) is 21.2. The normalized spacial score (nSPS) is 26.1. The molecule has 2 aliphatic carbocycles. The summed E-state index contributed by atoms with van der Waals surface area (Å²) < 4.78 is 54.8. The molecule has 86 heavy (non-hydrogen) atoms. The lowest BCUT2D eigenvalue weighted by atomic mass is 9.59. The zero-order valence-corrected chi connectivity index (χ0v) is 50.0. The van der Waals surface area contributed by atoms with Gasteiger partial charge in [-0.1, -0.05) is 24.3 Å². The highest BCUT2D eigenvalue weighted by atomic mass is 32.2. The van der Waals surface area contributed by atoms with E-state index in [1.807, 2.05) is 43.5 Å². The number of pyridine rings is 2. The molecule has 4 saturated heterocycles. The summed E-state index contributed by atoms with van der Waals surface area (Å²) in [6.07, 6.45) is 12.3. The molecular weight excluding hydrogens is 1120 g/mol. The number of aromatic amines is 1. The maximum absolute atomic E-state index is 14.9. The minimum absolute atomic E-state index is 0.0344. The van der Waals surface area contributed by atoms with Crippen molar-refractivity contribution in [1.29, 1.82) is 0 Å². The monoisotopic (exact) mass is 1190 g/mol. The number of benzene rings is 3. The maximum Gasteiger partial charge on any atom is 0.293 e. The number of nitrogens with one attached hydrogen (secondary N) is 3. The molecule has 3 aromatic heterocycles. The molecule has 5 aliphatic heterocycles. The Bertz CT molecular complexity index is 3630. The summed E-state index contributed by atoms with van der Waals surface area (Å²) in [6, 6.07) is 23.8. The zero-order chi connectivity index (χ0) is 59.5. The summed E-state index contributed by atoms with van der Waals surface area (Å²) in [7, 11) is -2.98. The Kier molecular flexibility index (Phi) is 15.6. The van der Waals surface area contributed by atoms with E-state index in [1.165, 1.54) is 23.3 Å². The Morgan fingerprint density at radius 3 is 2.44 bits per heavy atom. The van der Waals surface area contributed by atoms with E-state index >= 15 is 0 Å². The molecule has 7 aliphatic rings. The molecule has 21 nitrogen and oxygen atoms in total. The van der Waals surface area contributed by atoms with Crippen LogP contribution in [0.4, 0.5) is 34.3 Å². The first-order valence-corrected chi connectivity index (χ1v) is 32.0. The van der Waals surface area contributed by atoms with Crippen LogP contribution in [0.2, 0.25) is 0 Å². The third kappa shape index (κ3) is 11.6. The average Bonchev–Trinajstić information content (AvgIpc) is 1.03. The number of amides is 1. The number of hydrogen-bond donors (Lipinski definition) is 5. The van der Waals surface area contributed by atoms with Crippen LogP contribution in [0.15, 0.2) is 96.2 Å². The molecule has 5 N–H and O–H groups in total. The van der Waals surface area contributed by atoms with Crippen molar-refractivity contribution in [3.8, 4) is 11.6 Å². The summed E-state index contributed by atoms with van der Waals surface area (Å²) in [5, 5.41) is 39.4. The number of hydrogen-bond acceptors (Lipinski definition) is 18. The van der Waals surface area contributed by atoms with Gasteiger partial charge in [-0.3, -0.25) is 19.8 Å². The summed E-state index contributed by atoms with van der Waals surface area (Å²) in [4.78, 5) is 48.5. The molecule has 2 saturated carbocycles. The second-order valence-corrected chi connectivity index (χ2v) is 27.2. The van der Waals surface area contributed by atoms with Crippen LogP contribution in [0.3, 0.4) is 0 Å². The maximum atomic E-state index is 14.9. The minimum Gasteiger partial charge on any atom is -0.493 e. The van der Waals surface area contributed by atoms with E-state index < -0.39 is 48.7 Å². The molecule has 6 aromatic rings. The molecule has 0 radical (unpaired) electrons. The number of ether oxygens (including phenoxy) is 4. The van der Waals surface area contributed by atoms with E-state index in [4.69, 9.17) is 28.9 Å². The number of nitro benzene ring substituents is 1. The number of nitrogens with zero attached hydrogens (tertiary/aromatic N) is 7. The number of carbonyl (C=O) groups is 1. The van der Waals surface area contributed by atoms with Crippen LogP contribution in [-0.2, 0) is 25.9 Å². The van der Waals surface area contributed by atoms with Gasteiger partial charge in [0.15, 0.2) is 11.6 Å². The number of aliphatic hydroxyl groups is 2. The number of aryl methyl sites for hydroxylation is 1. The Morgan fingerprint density at radius 2 is 1.67 bits per heavy atom. The predicted molar refractivity (Wildman–Crippen MR) is 326 cm³/mol. The van der Waals surface area contributed by atoms with Crippen molar-refractivity contribution in [2.24, 2.45) is 11.3 Å². The quantitative estimate of drug-likeness (QED) is 0.0476. The lowest BCUT2D eigenvalue weighted by Gasteiger charge is -2.59. The molecule has 8 heterocycles. The van der Waals surface area contributed by atoms with Crippen LogP contribution in [0.1, 0.15) is 111 Å². The van der Waals surface area contributed by atoms with Crippen molar-refractivity contribution >= 4 is 61.2 Å². The number of methoxy groups -OCH3 is 1. The van der Waals surface area contributed by atoms with E-state index in [0.29, 0.717) is 99.6 Å². The van der Waals surface area contributed by atoms with Gasteiger partial charge in [0.25, 0.3) is 21.6 Å². The number of morpholine rings is 1. The summed E-state index contributed by atoms with van der Waals surface area (Å²) in [5.41, 5.74) is 4.32. The molecule has 3 aromatic carbocycles. The Labute approximate surface area is 501 Å². The van der Waals surface area contributed by atoms with Gasteiger partial charge in [0, 0.05) is 93.9 Å². The smallest absolute Gasteiger partial charge is 0.293 e. The van der Waals surface area contributed by atoms with Crippen LogP contribution in [0.5, 0.6) is 11.6 Å². The second kappa shape index (κ2) is 23.2. The Hall–Kier alpha value is -7.08. The number of sulfonamides is 1. The highest BCUT2D eigenvalue weighted by molar-refractivity contribution is 7.90. The number of nitro groups is 1. The molecule has 6 fully saturated rings. The second-order valence-electron chi connectivity index (χ2n) is 25.6. The number of likely N-dealkylation sites (tertiary alicyclic amines) is 1. The molecule has 22 heteroatoms. The lowest BCUT2D eigenvalue weighted by Crippen LogP contribution is -2.59. The van der Waals surface area contributed by atoms with Crippen LogP contribution < -0.4 is 34.2 Å². The number of fused-ring (bicyclic) bond motifs is 3. The topological polar surface area (TPSA) is 250 Å². The van der Waals surface area contributed by atoms with Gasteiger partial charge in [-0.05, 0) is 161 Å². The summed E-state index contributed by atoms with van der Waals surface area (Å²) in [6.45, 7) is 10.2. The first kappa shape index (κ1) is 58.0. The van der Waals surface area contributed by atoms with Crippen LogP contribution in [0.25, 0.3) is 11.0 Å². The molecule has 0 unspecified atom stereocenters. The molecule has 1 amide bonds. The van der Waals surface area contributed by atoms with Crippen molar-refractivity contribution in [3.05, 3.63) is 124 Å². The van der Waals surface area contributed by atoms with Gasteiger partial charge >= 0.3 is 0 Å². The molecule has 13 rings (SSSR count). The molecule has 1 spiro atoms. The van der Waals surface area contributed by atoms with E-state index in [0.717, 1.165) is 99.8 Å². The molecule has 4 atom stereocenters. The lowest BCUT2D eigenvalue weighted by molar-refractivity contribution is -0.384. The first-order valence-electron chi connectivity index (χ1n) is 30.6. The van der Waals surface area contributed by atoms with Crippen molar-refractivity contribution < 1.29 is 47.3 Å². The SMILES string of the molecule is COc1cc(C[C@]2(O)CCN(C3CC4(CCN(c5ccc(C(=O)NS(=O)(=O)c6ccc(NCC7CCC(C)(O)CC7)c([N+](=O)[O-])c6)c(N6c7cc8cc[nH]c8nc7O[C@H]7COCC[C@@H]76)c5)CC4)C3)[C@H](c3ccccc3C)C2)cnc1N1CCOCC1. The first-order chi connectivity index (χ1) is 41.4. The van der Waals surface area contributed by atoms with Crippen molar-refractivity contribution in [2.75, 3.05) is 92.8 Å². The van der Waals surface area contributed by atoms with E-state index in [-0.39, 0.29) is 41.3 Å². The van der Waals surface area contributed by atoms with Crippen molar-refractivity contribution in [3.63, 3.8) is 0 Å². The number of piperidine rings is 2. The molecule has 456 valence electrons. The van der Waals surface area contributed by atoms with E-state index in [1.54, 1.807) is 19.4 Å². The third-order valence-electron chi connectivity index (χ3n) is 19.9. The fourth-order valence-corrected chi connectivity index (χ4v) is 15.9. The van der Waals surface area contributed by atoms with Gasteiger partial charge in [-0.15, -0.1) is 0 Å². The predicted octanol–water partition coefficient (Wildman–Crippen LogP) is 8.74. The molecular formula is C64H78N10O11S. The van der Waals surface area contributed by atoms with Crippen molar-refractivity contribution in [1.82, 2.24) is 24.6 Å². The summed E-state index contributed by atoms with van der Waals surface area (Å²) in [5.74, 6) is 1.15. The van der Waals surface area contributed by atoms with Crippen LogP contribution in [-0.4, -0.2) is 152 Å². The number of carbonyl (C=O) groups excluding carboxylic acids is 1. The van der Waals surface area contributed by atoms with E-state index in [2.05, 4.69) is 65.8 Å². The minimum atomic E-state index is -4.66. The van der Waals surface area contributed by atoms with E-state index in [9.17, 15) is 33.5 Å². The van der Waals surface area contributed by atoms with Crippen LogP contribution >= 0.6 is 0 Å². The highest BCUT2D eigenvalue weighted by Gasteiger charge is 2.52. The highest BCUT2D eigenvalue weighted by Crippen LogP contribution is 2.55. The number of aromatic nitrogens is 3. The summed E-state index contributed by atoms with van der Waals surface area (Å²) >= 11 is 0. The van der Waals surface area contributed by atoms with Crippen LogP contribution in [0, 0.1) is 28.4 Å². The van der Waals surface area contributed by atoms with Gasteiger partial charge in [0.1, 0.15) is 23.1 Å². The Morgan fingerprint density at radius 1 is 0.884 bits per heavy atom. The Balaban J connectivity index is 0.741. The zero-order valence-electron chi connectivity index (χ0n) is 49.2. The largest absolute Gasteiger partial charge is 0.493 e. The van der Waals surface area contributed by atoms with Gasteiger partial charge in [-0.25, -0.2) is 18.1 Å².